The molecule has 186 valence electrons. The number of benzene rings is 2. The lowest BCUT2D eigenvalue weighted by Gasteiger charge is -2.30. The number of carbonyl (C=O) groups is 1. The van der Waals surface area contributed by atoms with Gasteiger partial charge in [-0.2, -0.15) is 0 Å². The third kappa shape index (κ3) is 5.56. The lowest BCUT2D eigenvalue weighted by atomic mass is 9.74. The van der Waals surface area contributed by atoms with Crippen LogP contribution in [0.3, 0.4) is 0 Å². The normalized spacial score (nSPS) is 13.4. The third-order valence-electron chi connectivity index (χ3n) is 6.81. The number of aliphatic carboxylic acids is 1. The highest BCUT2D eigenvalue weighted by atomic mass is 16.4. The predicted octanol–water partition coefficient (Wildman–Crippen LogP) is 8.48. The summed E-state index contributed by atoms with van der Waals surface area (Å²) < 4.78 is 0. The van der Waals surface area contributed by atoms with Gasteiger partial charge < -0.3 is 10.2 Å². The zero-order chi connectivity index (χ0) is 26.3. The molecule has 3 nitrogen and oxygen atoms in total. The summed E-state index contributed by atoms with van der Waals surface area (Å²) in [6.45, 7) is 27.3. The smallest absolute Gasteiger partial charge is 0.335 e. The van der Waals surface area contributed by atoms with Crippen LogP contribution in [-0.2, 0) is 15.6 Å². The zero-order valence-electron chi connectivity index (χ0n) is 23.1. The second-order valence-corrected chi connectivity index (χ2v) is 12.3. The van der Waals surface area contributed by atoms with Crippen molar-refractivity contribution in [2.45, 2.75) is 105 Å². The van der Waals surface area contributed by atoms with Crippen molar-refractivity contribution in [1.29, 1.82) is 0 Å². The fraction of sp³-hybridized carbons (Fsp3) is 0.516. The molecule has 1 atom stereocenters. The molecule has 0 saturated carbocycles. The lowest BCUT2D eigenvalue weighted by Crippen LogP contribution is -2.18. The number of phenolic OH excluding ortho intramolecular Hbond substituents is 1. The Hall–Kier alpha value is -2.55. The molecular formula is C31H44O3. The molecule has 2 rings (SSSR count). The van der Waals surface area contributed by atoms with Crippen LogP contribution in [0.25, 0.3) is 5.57 Å². The molecule has 0 aliphatic rings. The molecule has 0 aromatic heterocycles. The van der Waals surface area contributed by atoms with Crippen LogP contribution in [0.5, 0.6) is 5.75 Å². The Labute approximate surface area is 206 Å². The van der Waals surface area contributed by atoms with Gasteiger partial charge in [0.15, 0.2) is 0 Å². The third-order valence-corrected chi connectivity index (χ3v) is 6.81. The number of hydrogen-bond acceptors (Lipinski definition) is 2. The summed E-state index contributed by atoms with van der Waals surface area (Å²) in [6.07, 6.45) is 0. The largest absolute Gasteiger partial charge is 0.507 e. The maximum Gasteiger partial charge on any atom is 0.335 e. The Morgan fingerprint density at radius 3 is 1.71 bits per heavy atom. The van der Waals surface area contributed by atoms with Gasteiger partial charge in [0.2, 0.25) is 0 Å². The summed E-state index contributed by atoms with van der Waals surface area (Å²) in [4.78, 5) is 11.9. The van der Waals surface area contributed by atoms with Gasteiger partial charge in [-0.05, 0) is 62.1 Å². The van der Waals surface area contributed by atoms with Crippen molar-refractivity contribution in [3.63, 3.8) is 0 Å². The van der Waals surface area contributed by atoms with Gasteiger partial charge in [-0.25, -0.2) is 4.79 Å². The summed E-state index contributed by atoms with van der Waals surface area (Å²) in [7, 11) is 0. The molecule has 0 aliphatic carbocycles. The Morgan fingerprint density at radius 2 is 1.29 bits per heavy atom. The molecule has 0 saturated heterocycles. The second-order valence-electron chi connectivity index (χ2n) is 12.3. The molecule has 1 unspecified atom stereocenters. The van der Waals surface area contributed by atoms with Gasteiger partial charge in [0.25, 0.3) is 0 Å². The average Bonchev–Trinajstić information content (AvgIpc) is 2.69. The zero-order valence-corrected chi connectivity index (χ0v) is 23.1. The number of carboxylic acids is 1. The van der Waals surface area contributed by atoms with Gasteiger partial charge in [-0.1, -0.05) is 101 Å². The van der Waals surface area contributed by atoms with Crippen LogP contribution < -0.4 is 0 Å². The molecule has 0 heterocycles. The first kappa shape index (κ1) is 27.7. The first-order valence-corrected chi connectivity index (χ1v) is 12.4. The van der Waals surface area contributed by atoms with Crippen LogP contribution in [0.4, 0.5) is 0 Å². The number of carboxylic acid groups (broad SMARTS) is 1. The summed E-state index contributed by atoms with van der Waals surface area (Å²) in [5, 5.41) is 21.2. The van der Waals surface area contributed by atoms with Crippen molar-refractivity contribution < 1.29 is 15.0 Å². The highest BCUT2D eigenvalue weighted by Gasteiger charge is 2.29. The van der Waals surface area contributed by atoms with Crippen molar-refractivity contribution in [3.05, 3.63) is 69.8 Å². The molecule has 0 aliphatic heterocycles. The first-order valence-electron chi connectivity index (χ1n) is 12.4. The van der Waals surface area contributed by atoms with Gasteiger partial charge in [0.1, 0.15) is 5.75 Å². The highest BCUT2D eigenvalue weighted by molar-refractivity contribution is 6.15. The molecule has 0 bridgehead atoms. The molecule has 34 heavy (non-hydrogen) atoms. The van der Waals surface area contributed by atoms with Crippen LogP contribution in [0, 0.1) is 0 Å². The van der Waals surface area contributed by atoms with Crippen molar-refractivity contribution in [2.24, 2.45) is 0 Å². The van der Waals surface area contributed by atoms with Crippen LogP contribution in [-0.4, -0.2) is 16.2 Å². The van der Waals surface area contributed by atoms with Crippen molar-refractivity contribution in [3.8, 4) is 5.75 Å². The minimum atomic E-state index is -1.01. The Balaban J connectivity index is 2.93. The molecule has 0 spiro atoms. The van der Waals surface area contributed by atoms with Crippen LogP contribution in [0.1, 0.15) is 133 Å². The topological polar surface area (TPSA) is 57.5 Å². The number of aromatic hydroxyl groups is 1. The lowest BCUT2D eigenvalue weighted by molar-refractivity contribution is -0.130. The fourth-order valence-electron chi connectivity index (χ4n) is 4.58. The number of hydrogen-bond donors (Lipinski definition) is 2. The van der Waals surface area contributed by atoms with Crippen molar-refractivity contribution in [2.75, 3.05) is 0 Å². The Morgan fingerprint density at radius 1 is 0.765 bits per heavy atom. The molecule has 3 heteroatoms. The van der Waals surface area contributed by atoms with E-state index in [0.717, 1.165) is 22.3 Å². The molecule has 0 amide bonds. The standard InChI is InChI=1S/C31H44O3/c1-17(2)21-13-25(28(32)27(14-21)31(10,11)12)19(5)23-15-24(20(6)29(33)34)26(30(7,8)9)16-22(23)18(3)4/h13-19,32H,6H2,1-5,7-12H3,(H,33,34). The van der Waals surface area contributed by atoms with E-state index in [2.05, 4.69) is 101 Å². The van der Waals surface area contributed by atoms with Crippen LogP contribution >= 0.6 is 0 Å². The molecule has 0 radical (unpaired) electrons. The van der Waals surface area contributed by atoms with E-state index in [1.807, 2.05) is 6.07 Å². The van der Waals surface area contributed by atoms with Gasteiger partial charge in [0.05, 0.1) is 5.57 Å². The Bertz CT molecular complexity index is 1090. The Kier molecular flexibility index (Phi) is 7.82. The van der Waals surface area contributed by atoms with Gasteiger partial charge in [-0.15, -0.1) is 0 Å². The SMILES string of the molecule is C=C(C(=O)O)c1cc(C(C)c2cc(C(C)C)cc(C(C)(C)C)c2O)c(C(C)C)cc1C(C)(C)C. The monoisotopic (exact) mass is 464 g/mol. The summed E-state index contributed by atoms with van der Waals surface area (Å²) in [5.74, 6) is -0.240. The van der Waals surface area contributed by atoms with Crippen molar-refractivity contribution >= 4 is 11.5 Å². The molecular weight excluding hydrogens is 420 g/mol. The molecule has 2 aromatic carbocycles. The fourth-order valence-corrected chi connectivity index (χ4v) is 4.58. The van der Waals surface area contributed by atoms with Crippen LogP contribution in [0.15, 0.2) is 30.8 Å². The maximum absolute atomic E-state index is 11.9. The number of phenols is 1. The predicted molar refractivity (Wildman–Crippen MR) is 144 cm³/mol. The molecule has 2 N–H and O–H groups in total. The first-order chi connectivity index (χ1) is 15.4. The average molecular weight is 465 g/mol. The minimum absolute atomic E-state index is 0.101. The van der Waals surface area contributed by atoms with E-state index >= 15 is 0 Å². The van der Waals surface area contributed by atoms with E-state index < -0.39 is 5.97 Å². The summed E-state index contributed by atoms with van der Waals surface area (Å²) in [5.41, 5.74) is 6.53. The van der Waals surface area contributed by atoms with E-state index in [-0.39, 0.29) is 28.2 Å². The van der Waals surface area contributed by atoms with Gasteiger partial charge in [-0.3, -0.25) is 0 Å². The summed E-state index contributed by atoms with van der Waals surface area (Å²) >= 11 is 0. The molecule has 0 fully saturated rings. The van der Waals surface area contributed by atoms with Crippen molar-refractivity contribution in [1.82, 2.24) is 0 Å². The minimum Gasteiger partial charge on any atom is -0.507 e. The van der Waals surface area contributed by atoms with Crippen LogP contribution in [0.2, 0.25) is 0 Å². The maximum atomic E-state index is 11.9. The highest BCUT2D eigenvalue weighted by Crippen LogP contribution is 2.44. The van der Waals surface area contributed by atoms with E-state index in [9.17, 15) is 15.0 Å². The van der Waals surface area contributed by atoms with E-state index in [1.54, 1.807) is 0 Å². The van der Waals surface area contributed by atoms with E-state index in [1.165, 1.54) is 11.1 Å². The quantitative estimate of drug-likeness (QED) is 0.421. The van der Waals surface area contributed by atoms with E-state index in [4.69, 9.17) is 0 Å². The second kappa shape index (κ2) is 9.60. The molecule has 2 aromatic rings. The summed E-state index contributed by atoms with van der Waals surface area (Å²) in [6, 6.07) is 8.41. The van der Waals surface area contributed by atoms with E-state index in [0.29, 0.717) is 17.2 Å². The van der Waals surface area contributed by atoms with Gasteiger partial charge in [0, 0.05) is 11.5 Å². The van der Waals surface area contributed by atoms with Gasteiger partial charge >= 0.3 is 5.97 Å². The number of rotatable bonds is 6.